The van der Waals surface area contributed by atoms with Gasteiger partial charge in [0.1, 0.15) is 5.02 Å². The van der Waals surface area contributed by atoms with Gasteiger partial charge in [-0.3, -0.25) is 19.5 Å². The van der Waals surface area contributed by atoms with E-state index in [0.717, 1.165) is 6.07 Å². The molecule has 2 aromatic rings. The predicted molar refractivity (Wildman–Crippen MR) is 67.9 cm³/mol. The Bertz CT molecular complexity index is 763. The lowest BCUT2D eigenvalue weighted by Gasteiger charge is -2.04. The maximum atomic E-state index is 12.1. The SMILES string of the molecule is N#CCCn1cnc2cc(Cl)c([N+](=O)[O-])cc2c1=O. The third-order valence-electron chi connectivity index (χ3n) is 2.55. The molecule has 8 heteroatoms. The number of fused-ring (bicyclic) bond motifs is 1. The number of rotatable bonds is 3. The minimum atomic E-state index is -0.659. The molecule has 1 aromatic carbocycles. The number of nitro groups is 1. The molecule has 0 aliphatic heterocycles. The van der Waals surface area contributed by atoms with Crippen LogP contribution in [-0.4, -0.2) is 14.5 Å². The number of nitrogens with zero attached hydrogens (tertiary/aromatic N) is 4. The molecule has 0 radical (unpaired) electrons. The molecule has 1 heterocycles. The third-order valence-corrected chi connectivity index (χ3v) is 2.86. The molecule has 0 atom stereocenters. The first-order valence-corrected chi connectivity index (χ1v) is 5.62. The second-order valence-corrected chi connectivity index (χ2v) is 4.14. The highest BCUT2D eigenvalue weighted by atomic mass is 35.5. The van der Waals surface area contributed by atoms with Gasteiger partial charge in [-0.15, -0.1) is 0 Å². The Kier molecular flexibility index (Phi) is 3.44. The van der Waals surface area contributed by atoms with E-state index in [1.54, 1.807) is 0 Å². The molecule has 0 bridgehead atoms. The Balaban J connectivity index is 2.68. The Hall–Kier alpha value is -2.46. The molecule has 2 rings (SSSR count). The average Bonchev–Trinajstić information content (AvgIpc) is 2.37. The predicted octanol–water partition coefficient (Wildman–Crippen LogP) is 1.87. The van der Waals surface area contributed by atoms with Gasteiger partial charge < -0.3 is 0 Å². The van der Waals surface area contributed by atoms with Crippen molar-refractivity contribution in [2.45, 2.75) is 13.0 Å². The van der Waals surface area contributed by atoms with Crippen LogP contribution in [0.3, 0.4) is 0 Å². The van der Waals surface area contributed by atoms with Gasteiger partial charge in [0.25, 0.3) is 11.2 Å². The largest absolute Gasteiger partial charge is 0.298 e. The van der Waals surface area contributed by atoms with Crippen LogP contribution in [0.4, 0.5) is 5.69 Å². The number of benzene rings is 1. The minimum Gasteiger partial charge on any atom is -0.298 e. The summed E-state index contributed by atoms with van der Waals surface area (Å²) in [7, 11) is 0. The van der Waals surface area contributed by atoms with Crippen molar-refractivity contribution in [2.75, 3.05) is 0 Å². The van der Waals surface area contributed by atoms with E-state index in [0.29, 0.717) is 0 Å². The van der Waals surface area contributed by atoms with Crippen molar-refractivity contribution in [3.05, 3.63) is 44.0 Å². The Morgan fingerprint density at radius 3 is 2.89 bits per heavy atom. The van der Waals surface area contributed by atoms with Gasteiger partial charge in [-0.2, -0.15) is 5.26 Å². The smallest absolute Gasteiger partial charge is 0.288 e. The van der Waals surface area contributed by atoms with Crippen molar-refractivity contribution in [2.24, 2.45) is 0 Å². The molecular formula is C11H7ClN4O3. The summed E-state index contributed by atoms with van der Waals surface area (Å²) in [4.78, 5) is 26.2. The number of nitriles is 1. The molecule has 19 heavy (non-hydrogen) atoms. The van der Waals surface area contributed by atoms with E-state index in [1.165, 1.54) is 17.0 Å². The maximum Gasteiger partial charge on any atom is 0.288 e. The standard InChI is InChI=1S/C11H7ClN4O3/c12-8-5-9-7(4-10(8)16(18)19)11(17)15(6-14-9)3-1-2-13/h4-6H,1,3H2. The molecule has 0 unspecified atom stereocenters. The molecule has 0 aliphatic rings. The topological polar surface area (TPSA) is 102 Å². The van der Waals surface area contributed by atoms with Crippen molar-refractivity contribution < 1.29 is 4.92 Å². The molecule has 0 aliphatic carbocycles. The molecule has 0 spiro atoms. The van der Waals surface area contributed by atoms with E-state index in [9.17, 15) is 14.9 Å². The van der Waals surface area contributed by atoms with Gasteiger partial charge in [-0.25, -0.2) is 4.98 Å². The highest BCUT2D eigenvalue weighted by molar-refractivity contribution is 6.33. The molecule has 7 nitrogen and oxygen atoms in total. The molecule has 0 N–H and O–H groups in total. The van der Waals surface area contributed by atoms with E-state index in [-0.39, 0.29) is 34.6 Å². The van der Waals surface area contributed by atoms with Crippen LogP contribution >= 0.6 is 11.6 Å². The van der Waals surface area contributed by atoms with E-state index >= 15 is 0 Å². The van der Waals surface area contributed by atoms with Gasteiger partial charge in [-0.1, -0.05) is 11.6 Å². The van der Waals surface area contributed by atoms with Crippen molar-refractivity contribution in [3.8, 4) is 6.07 Å². The summed E-state index contributed by atoms with van der Waals surface area (Å²) < 4.78 is 1.24. The van der Waals surface area contributed by atoms with Crippen LogP contribution in [-0.2, 0) is 6.54 Å². The number of halogens is 1. The summed E-state index contributed by atoms with van der Waals surface area (Å²) in [6.07, 6.45) is 1.45. The summed E-state index contributed by atoms with van der Waals surface area (Å²) in [5.74, 6) is 0. The summed E-state index contributed by atoms with van der Waals surface area (Å²) in [5, 5.41) is 19.3. The van der Waals surface area contributed by atoms with Crippen molar-refractivity contribution in [1.82, 2.24) is 9.55 Å². The number of hydrogen-bond donors (Lipinski definition) is 0. The Labute approximate surface area is 111 Å². The highest BCUT2D eigenvalue weighted by Crippen LogP contribution is 2.27. The van der Waals surface area contributed by atoms with Crippen LogP contribution in [0.5, 0.6) is 0 Å². The van der Waals surface area contributed by atoms with E-state index in [2.05, 4.69) is 4.98 Å². The molecule has 0 saturated carbocycles. The Morgan fingerprint density at radius 1 is 1.53 bits per heavy atom. The first kappa shape index (κ1) is 13.0. The van der Waals surface area contributed by atoms with E-state index < -0.39 is 10.5 Å². The Morgan fingerprint density at radius 2 is 2.26 bits per heavy atom. The maximum absolute atomic E-state index is 12.1. The summed E-state index contributed by atoms with van der Waals surface area (Å²) >= 11 is 5.74. The number of aryl methyl sites for hydroxylation is 1. The second kappa shape index (κ2) is 5.04. The van der Waals surface area contributed by atoms with Gasteiger partial charge >= 0.3 is 0 Å². The highest BCUT2D eigenvalue weighted by Gasteiger charge is 2.16. The number of hydrogen-bond acceptors (Lipinski definition) is 5. The zero-order valence-electron chi connectivity index (χ0n) is 9.54. The summed E-state index contributed by atoms with van der Waals surface area (Å²) in [5.41, 5.74) is -0.486. The van der Waals surface area contributed by atoms with E-state index in [4.69, 9.17) is 16.9 Å². The molecule has 96 valence electrons. The lowest BCUT2D eigenvalue weighted by Crippen LogP contribution is -2.20. The zero-order chi connectivity index (χ0) is 14.0. The molecule has 0 saturated heterocycles. The van der Waals surface area contributed by atoms with Gasteiger partial charge in [0.2, 0.25) is 0 Å². The monoisotopic (exact) mass is 278 g/mol. The van der Waals surface area contributed by atoms with Gasteiger partial charge in [0.15, 0.2) is 0 Å². The molecule has 0 fully saturated rings. The minimum absolute atomic E-state index is 0.0702. The van der Waals surface area contributed by atoms with Crippen molar-refractivity contribution in [1.29, 1.82) is 5.26 Å². The third kappa shape index (κ3) is 2.39. The zero-order valence-corrected chi connectivity index (χ0v) is 10.3. The molecular weight excluding hydrogens is 272 g/mol. The first-order chi connectivity index (χ1) is 9.04. The van der Waals surface area contributed by atoms with Crippen LogP contribution in [0.25, 0.3) is 10.9 Å². The summed E-state index contributed by atoms with van der Waals surface area (Å²) in [6.45, 7) is 0.189. The number of aromatic nitrogens is 2. The average molecular weight is 279 g/mol. The van der Waals surface area contributed by atoms with Gasteiger partial charge in [0, 0.05) is 12.6 Å². The van der Waals surface area contributed by atoms with Crippen LogP contribution in [0.2, 0.25) is 5.02 Å². The quantitative estimate of drug-likeness (QED) is 0.630. The second-order valence-electron chi connectivity index (χ2n) is 3.73. The van der Waals surface area contributed by atoms with Crippen molar-refractivity contribution in [3.63, 3.8) is 0 Å². The fourth-order valence-electron chi connectivity index (χ4n) is 1.64. The normalized spacial score (nSPS) is 10.3. The van der Waals surface area contributed by atoms with Crippen molar-refractivity contribution >= 4 is 28.2 Å². The molecule has 1 aromatic heterocycles. The first-order valence-electron chi connectivity index (χ1n) is 5.24. The van der Waals surface area contributed by atoms with Crippen LogP contribution in [0.1, 0.15) is 6.42 Å². The van der Waals surface area contributed by atoms with Gasteiger partial charge in [-0.05, 0) is 6.07 Å². The van der Waals surface area contributed by atoms with Gasteiger partial charge in [0.05, 0.1) is 34.6 Å². The fourth-order valence-corrected chi connectivity index (χ4v) is 1.87. The van der Waals surface area contributed by atoms with E-state index in [1.807, 2.05) is 6.07 Å². The van der Waals surface area contributed by atoms with Crippen LogP contribution in [0, 0.1) is 21.4 Å². The number of nitro benzene ring substituents is 1. The molecule has 0 amide bonds. The lowest BCUT2D eigenvalue weighted by atomic mass is 10.2. The van der Waals surface area contributed by atoms with Crippen LogP contribution in [0.15, 0.2) is 23.3 Å². The lowest BCUT2D eigenvalue weighted by molar-refractivity contribution is -0.384. The fraction of sp³-hybridized carbons (Fsp3) is 0.182. The van der Waals surface area contributed by atoms with Crippen LogP contribution < -0.4 is 5.56 Å². The summed E-state index contributed by atoms with van der Waals surface area (Å²) in [6, 6.07) is 4.30.